The van der Waals surface area contributed by atoms with Crippen molar-refractivity contribution in [2.24, 2.45) is 0 Å². The zero-order valence-corrected chi connectivity index (χ0v) is 16.9. The maximum absolute atomic E-state index is 12.4. The third-order valence-corrected chi connectivity index (χ3v) is 4.92. The van der Waals surface area contributed by atoms with E-state index in [1.165, 1.54) is 16.7 Å². The number of amides is 2. The van der Waals surface area contributed by atoms with Gasteiger partial charge in [-0.05, 0) is 71.1 Å². The van der Waals surface area contributed by atoms with Crippen LogP contribution in [-0.2, 0) is 9.47 Å². The van der Waals surface area contributed by atoms with Gasteiger partial charge in [0.2, 0.25) is 0 Å². The molecule has 1 N–H and O–H groups in total. The summed E-state index contributed by atoms with van der Waals surface area (Å²) in [4.78, 5) is 25.7. The van der Waals surface area contributed by atoms with E-state index in [0.29, 0.717) is 0 Å². The fourth-order valence-electron chi connectivity index (χ4n) is 1.55. The van der Waals surface area contributed by atoms with Crippen molar-refractivity contribution < 1.29 is 19.1 Å². The fraction of sp³-hybridized carbons (Fsp3) is 0.714. The Bertz CT molecular complexity index is 494. The van der Waals surface area contributed by atoms with Crippen molar-refractivity contribution in [3.63, 3.8) is 0 Å². The van der Waals surface area contributed by atoms with Crippen LogP contribution >= 0.6 is 34.4 Å². The molecule has 1 rings (SSSR count). The first-order chi connectivity index (χ1) is 9.80. The van der Waals surface area contributed by atoms with E-state index in [-0.39, 0.29) is 0 Å². The summed E-state index contributed by atoms with van der Waals surface area (Å²) in [6, 6.07) is 0. The molecule has 0 bridgehead atoms. The molecule has 0 fully saturated rings. The van der Waals surface area contributed by atoms with Crippen LogP contribution in [0.15, 0.2) is 8.61 Å². The van der Waals surface area contributed by atoms with E-state index in [1.807, 2.05) is 6.92 Å². The van der Waals surface area contributed by atoms with Gasteiger partial charge in [0.25, 0.3) is 0 Å². The van der Waals surface area contributed by atoms with Gasteiger partial charge in [-0.15, -0.1) is 0 Å². The summed E-state index contributed by atoms with van der Waals surface area (Å²) in [6.07, 6.45) is -1.07. The van der Waals surface area contributed by atoms with Gasteiger partial charge in [0.05, 0.1) is 2.91 Å². The quantitative estimate of drug-likeness (QED) is 0.610. The SMILES string of the molecule is CC1=C(I)SC(NC(=O)OC(C)(C)C)N1C(=O)OC(C)(C)C. The van der Waals surface area contributed by atoms with Crippen molar-refractivity contribution in [3.05, 3.63) is 8.61 Å². The van der Waals surface area contributed by atoms with Crippen molar-refractivity contribution in [3.8, 4) is 0 Å². The summed E-state index contributed by atoms with van der Waals surface area (Å²) in [6.45, 7) is 12.6. The number of alkyl carbamates (subject to hydrolysis) is 1. The molecule has 8 heteroatoms. The van der Waals surface area contributed by atoms with Gasteiger partial charge in [0, 0.05) is 5.70 Å². The Balaban J connectivity index is 2.82. The van der Waals surface area contributed by atoms with E-state index in [2.05, 4.69) is 27.9 Å². The summed E-state index contributed by atoms with van der Waals surface area (Å²) in [5, 5.41) is 2.69. The average molecular weight is 442 g/mol. The lowest BCUT2D eigenvalue weighted by Gasteiger charge is -2.30. The van der Waals surface area contributed by atoms with Gasteiger partial charge in [0.15, 0.2) is 5.50 Å². The highest BCUT2D eigenvalue weighted by atomic mass is 127. The molecule has 0 spiro atoms. The second-order valence-corrected chi connectivity index (χ2v) is 9.73. The lowest BCUT2D eigenvalue weighted by Crippen LogP contribution is -2.48. The van der Waals surface area contributed by atoms with Crippen LogP contribution in [0.25, 0.3) is 0 Å². The van der Waals surface area contributed by atoms with Crippen molar-refractivity contribution >= 4 is 46.5 Å². The molecule has 0 saturated heterocycles. The molecule has 1 unspecified atom stereocenters. The molecule has 1 atom stereocenters. The Hall–Kier alpha value is -0.640. The molecule has 1 aliphatic rings. The lowest BCUT2D eigenvalue weighted by atomic mass is 10.2. The zero-order chi connectivity index (χ0) is 17.3. The van der Waals surface area contributed by atoms with Crippen LogP contribution in [0.4, 0.5) is 9.59 Å². The summed E-state index contributed by atoms with van der Waals surface area (Å²) < 4.78 is 11.6. The maximum Gasteiger partial charge on any atom is 0.417 e. The van der Waals surface area contributed by atoms with Gasteiger partial charge in [-0.3, -0.25) is 5.32 Å². The van der Waals surface area contributed by atoms with Crippen LogP contribution in [0.1, 0.15) is 48.5 Å². The minimum absolute atomic E-state index is 0.495. The Morgan fingerprint density at radius 1 is 1.14 bits per heavy atom. The molecule has 0 saturated carbocycles. The largest absolute Gasteiger partial charge is 0.444 e. The summed E-state index contributed by atoms with van der Waals surface area (Å²) >= 11 is 3.50. The van der Waals surface area contributed by atoms with Gasteiger partial charge in [0.1, 0.15) is 11.2 Å². The van der Waals surface area contributed by atoms with Crippen molar-refractivity contribution in [2.75, 3.05) is 0 Å². The molecule has 0 aromatic rings. The molecular formula is C14H23IN2O4S. The molecule has 6 nitrogen and oxygen atoms in total. The van der Waals surface area contributed by atoms with Crippen molar-refractivity contribution in [2.45, 2.75) is 65.2 Å². The number of thioether (sulfide) groups is 1. The highest BCUT2D eigenvalue weighted by Gasteiger charge is 2.38. The standard InChI is InChI=1S/C14H23IN2O4S/c1-8-9(15)22-10(16-11(18)20-13(2,3)4)17(8)12(19)21-14(5,6)7/h10H,1-7H3,(H,16,18). The molecular weight excluding hydrogens is 419 g/mol. The number of hydrogen-bond donors (Lipinski definition) is 1. The smallest absolute Gasteiger partial charge is 0.417 e. The number of hydrogen-bond acceptors (Lipinski definition) is 5. The second-order valence-electron chi connectivity index (χ2n) is 6.83. The van der Waals surface area contributed by atoms with Crippen LogP contribution in [0.2, 0.25) is 0 Å². The predicted molar refractivity (Wildman–Crippen MR) is 95.5 cm³/mol. The maximum atomic E-state index is 12.4. The second kappa shape index (κ2) is 6.86. The normalized spacial score (nSPS) is 19.3. The first-order valence-corrected chi connectivity index (χ1v) is 8.81. The number of allylic oxidation sites excluding steroid dienone is 1. The predicted octanol–water partition coefficient (Wildman–Crippen LogP) is 4.40. The van der Waals surface area contributed by atoms with E-state index < -0.39 is 28.9 Å². The van der Waals surface area contributed by atoms with E-state index in [9.17, 15) is 9.59 Å². The van der Waals surface area contributed by atoms with Gasteiger partial charge >= 0.3 is 12.2 Å². The van der Waals surface area contributed by atoms with E-state index in [0.717, 1.165) is 8.61 Å². The number of ether oxygens (including phenoxy) is 2. The fourth-order valence-corrected chi connectivity index (χ4v) is 3.50. The first-order valence-electron chi connectivity index (χ1n) is 6.85. The van der Waals surface area contributed by atoms with Gasteiger partial charge in [-0.2, -0.15) is 0 Å². The molecule has 0 radical (unpaired) electrons. The monoisotopic (exact) mass is 442 g/mol. The molecule has 1 aliphatic heterocycles. The number of nitrogens with one attached hydrogen (secondary N) is 1. The summed E-state index contributed by atoms with van der Waals surface area (Å²) in [5.74, 6) is 0. The minimum atomic E-state index is -0.605. The zero-order valence-electron chi connectivity index (χ0n) is 13.9. The number of rotatable bonds is 1. The number of carbonyl (C=O) groups excluding carboxylic acids is 2. The van der Waals surface area contributed by atoms with Gasteiger partial charge in [-0.25, -0.2) is 14.5 Å². The van der Waals surface area contributed by atoms with E-state index >= 15 is 0 Å². The molecule has 126 valence electrons. The molecule has 1 heterocycles. The van der Waals surface area contributed by atoms with Crippen LogP contribution in [0, 0.1) is 0 Å². The number of halogens is 1. The molecule has 22 heavy (non-hydrogen) atoms. The first kappa shape index (κ1) is 19.4. The van der Waals surface area contributed by atoms with E-state index in [1.54, 1.807) is 41.5 Å². The van der Waals surface area contributed by atoms with Crippen LogP contribution < -0.4 is 5.32 Å². The Labute approximate surface area is 149 Å². The van der Waals surface area contributed by atoms with Gasteiger partial charge < -0.3 is 9.47 Å². The van der Waals surface area contributed by atoms with Crippen molar-refractivity contribution in [1.82, 2.24) is 10.2 Å². The van der Waals surface area contributed by atoms with Crippen LogP contribution in [0.5, 0.6) is 0 Å². The third kappa shape index (κ3) is 5.86. The summed E-state index contributed by atoms with van der Waals surface area (Å²) in [5.41, 5.74) is -1.02. The van der Waals surface area contributed by atoms with Crippen LogP contribution in [-0.4, -0.2) is 33.8 Å². The van der Waals surface area contributed by atoms with Crippen LogP contribution in [0.3, 0.4) is 0 Å². The Morgan fingerprint density at radius 2 is 1.64 bits per heavy atom. The minimum Gasteiger partial charge on any atom is -0.444 e. The highest BCUT2D eigenvalue weighted by molar-refractivity contribution is 14.1. The van der Waals surface area contributed by atoms with E-state index in [4.69, 9.17) is 9.47 Å². The number of nitrogens with zero attached hydrogens (tertiary/aromatic N) is 1. The lowest BCUT2D eigenvalue weighted by molar-refractivity contribution is 0.0253. The molecule has 0 aromatic carbocycles. The summed E-state index contributed by atoms with van der Waals surface area (Å²) in [7, 11) is 0. The number of carbonyl (C=O) groups is 2. The van der Waals surface area contributed by atoms with Gasteiger partial charge in [-0.1, -0.05) is 11.8 Å². The Morgan fingerprint density at radius 3 is 2.09 bits per heavy atom. The topological polar surface area (TPSA) is 67.9 Å². The molecule has 0 aliphatic carbocycles. The average Bonchev–Trinajstić information content (AvgIpc) is 2.48. The Kier molecular flexibility index (Phi) is 6.05. The highest BCUT2D eigenvalue weighted by Crippen LogP contribution is 2.41. The third-order valence-electron chi connectivity index (χ3n) is 2.33. The molecule has 2 amide bonds. The van der Waals surface area contributed by atoms with Crippen molar-refractivity contribution in [1.29, 1.82) is 0 Å². The molecule has 0 aromatic heterocycles.